The molecule has 0 saturated heterocycles. The van der Waals surface area contributed by atoms with Crippen LogP contribution < -0.4 is 0 Å². The summed E-state index contributed by atoms with van der Waals surface area (Å²) in [6.45, 7) is 0. The number of ether oxygens (including phenoxy) is 2. The molecule has 2 aromatic carbocycles. The highest BCUT2D eigenvalue weighted by Crippen LogP contribution is 2.19. The maximum atomic E-state index is 10.8. The highest BCUT2D eigenvalue weighted by Gasteiger charge is 2.29. The molecular formula is C20H16O6. The van der Waals surface area contributed by atoms with Gasteiger partial charge in [0.2, 0.25) is 0 Å². The molecule has 6 heteroatoms. The van der Waals surface area contributed by atoms with E-state index >= 15 is 0 Å². The highest BCUT2D eigenvalue weighted by atomic mass is 16.6. The monoisotopic (exact) mass is 352 g/mol. The number of hydrogen-bond acceptors (Lipinski definition) is 6. The van der Waals surface area contributed by atoms with E-state index in [1.807, 2.05) is 0 Å². The largest absolute Gasteiger partial charge is 0.386 e. The van der Waals surface area contributed by atoms with Gasteiger partial charge in [-0.2, -0.15) is 0 Å². The first-order valence-electron chi connectivity index (χ1n) is 8.29. The Morgan fingerprint density at radius 2 is 0.692 bits per heavy atom. The Morgan fingerprint density at radius 1 is 0.462 bits per heavy atom. The summed E-state index contributed by atoms with van der Waals surface area (Å²) in [5, 5.41) is 0. The second-order valence-corrected chi connectivity index (χ2v) is 5.86. The van der Waals surface area contributed by atoms with Gasteiger partial charge >= 0.3 is 23.9 Å². The molecule has 3 aliphatic rings. The lowest BCUT2D eigenvalue weighted by Crippen LogP contribution is -1.96. The number of esters is 4. The zero-order valence-corrected chi connectivity index (χ0v) is 13.9. The van der Waals surface area contributed by atoms with E-state index in [1.54, 1.807) is 48.5 Å². The minimum atomic E-state index is -0.550. The molecule has 0 spiro atoms. The van der Waals surface area contributed by atoms with E-state index in [1.165, 1.54) is 25.7 Å². The number of rotatable bonds is 0. The third kappa shape index (κ3) is 3.69. The van der Waals surface area contributed by atoms with Crippen LogP contribution in [0.4, 0.5) is 0 Å². The third-order valence-corrected chi connectivity index (χ3v) is 4.10. The van der Waals surface area contributed by atoms with Crippen molar-refractivity contribution in [1.29, 1.82) is 0 Å². The maximum Gasteiger partial charge on any atom is 0.346 e. The van der Waals surface area contributed by atoms with E-state index < -0.39 is 23.9 Å². The second-order valence-electron chi connectivity index (χ2n) is 5.86. The molecule has 1 fully saturated rings. The predicted molar refractivity (Wildman–Crippen MR) is 90.8 cm³/mol. The van der Waals surface area contributed by atoms with E-state index in [-0.39, 0.29) is 0 Å². The Kier molecular flexibility index (Phi) is 5.22. The normalized spacial score (nSPS) is 16.0. The van der Waals surface area contributed by atoms with Gasteiger partial charge in [-0.15, -0.1) is 0 Å². The lowest BCUT2D eigenvalue weighted by atomic mass is 10.0. The van der Waals surface area contributed by atoms with Crippen LogP contribution in [0.15, 0.2) is 48.5 Å². The highest BCUT2D eigenvalue weighted by molar-refractivity contribution is 6.15. The first-order chi connectivity index (χ1) is 12.6. The predicted octanol–water partition coefficient (Wildman–Crippen LogP) is 3.55. The zero-order valence-electron chi connectivity index (χ0n) is 13.9. The molecule has 2 heterocycles. The molecule has 1 saturated carbocycles. The van der Waals surface area contributed by atoms with Gasteiger partial charge in [-0.05, 0) is 24.3 Å². The van der Waals surface area contributed by atoms with Crippen molar-refractivity contribution in [3.63, 3.8) is 0 Å². The Hall–Kier alpha value is -3.28. The number of cyclic esters (lactones) is 4. The van der Waals surface area contributed by atoms with Crippen LogP contribution >= 0.6 is 0 Å². The summed E-state index contributed by atoms with van der Waals surface area (Å²) >= 11 is 0. The van der Waals surface area contributed by atoms with E-state index in [0.717, 1.165) is 0 Å². The molecule has 5 rings (SSSR count). The Balaban J connectivity index is 0.000000125. The van der Waals surface area contributed by atoms with Gasteiger partial charge in [0, 0.05) is 0 Å². The summed E-state index contributed by atoms with van der Waals surface area (Å²) < 4.78 is 8.71. The fraction of sp³-hybridized carbons (Fsp3) is 0.200. The average Bonchev–Trinajstić information content (AvgIpc) is 3.04. The Labute approximate surface area is 149 Å². The van der Waals surface area contributed by atoms with Crippen molar-refractivity contribution in [3.8, 4) is 0 Å². The number of fused-ring (bicyclic) bond motifs is 2. The van der Waals surface area contributed by atoms with Crippen LogP contribution in [-0.2, 0) is 9.47 Å². The molecule has 0 amide bonds. The number of carbonyl (C=O) groups is 4. The first kappa shape index (κ1) is 17.5. The van der Waals surface area contributed by atoms with Crippen molar-refractivity contribution in [1.82, 2.24) is 0 Å². The Bertz CT molecular complexity index is 740. The molecule has 0 aromatic heterocycles. The third-order valence-electron chi connectivity index (χ3n) is 4.10. The lowest BCUT2D eigenvalue weighted by molar-refractivity contribution is 0.0425. The molecule has 1 aliphatic carbocycles. The van der Waals surface area contributed by atoms with E-state index in [0.29, 0.717) is 22.3 Å². The zero-order chi connectivity index (χ0) is 18.5. The number of benzene rings is 2. The van der Waals surface area contributed by atoms with Crippen molar-refractivity contribution < 1.29 is 28.7 Å². The second kappa shape index (κ2) is 7.74. The van der Waals surface area contributed by atoms with Gasteiger partial charge in [-0.3, -0.25) is 0 Å². The van der Waals surface area contributed by atoms with E-state index in [4.69, 9.17) is 0 Å². The van der Waals surface area contributed by atoms with Gasteiger partial charge in [-0.1, -0.05) is 49.9 Å². The topological polar surface area (TPSA) is 86.7 Å². The molecule has 0 bridgehead atoms. The minimum absolute atomic E-state index is 0.359. The van der Waals surface area contributed by atoms with Gasteiger partial charge < -0.3 is 9.47 Å². The molecule has 0 unspecified atom stereocenters. The van der Waals surface area contributed by atoms with Crippen LogP contribution in [0.1, 0.15) is 67.1 Å². The summed E-state index contributed by atoms with van der Waals surface area (Å²) in [5.41, 5.74) is 1.44. The molecular weight excluding hydrogens is 336 g/mol. The van der Waals surface area contributed by atoms with Gasteiger partial charge in [0.15, 0.2) is 0 Å². The quantitative estimate of drug-likeness (QED) is 0.532. The molecule has 0 radical (unpaired) electrons. The molecule has 2 aliphatic heterocycles. The SMILES string of the molecule is C1CCC1.O=C1OC(=O)c2ccccc21.O=C1OC(=O)c2ccccc21. The molecule has 0 atom stereocenters. The van der Waals surface area contributed by atoms with Crippen molar-refractivity contribution in [2.75, 3.05) is 0 Å². The number of carbonyl (C=O) groups excluding carboxylic acids is 4. The standard InChI is InChI=1S/2C8H4O3.C4H8/c2*9-7-5-3-1-2-4-6(5)8(10)11-7;1-2-4-3-1/h2*1-4H;1-4H2. The van der Waals surface area contributed by atoms with E-state index in [2.05, 4.69) is 9.47 Å². The Morgan fingerprint density at radius 3 is 0.885 bits per heavy atom. The first-order valence-corrected chi connectivity index (χ1v) is 8.29. The van der Waals surface area contributed by atoms with Crippen molar-refractivity contribution >= 4 is 23.9 Å². The molecule has 132 valence electrons. The van der Waals surface area contributed by atoms with Gasteiger partial charge in [0.1, 0.15) is 0 Å². The minimum Gasteiger partial charge on any atom is -0.386 e. The van der Waals surface area contributed by atoms with Gasteiger partial charge in [0.05, 0.1) is 22.3 Å². The van der Waals surface area contributed by atoms with Gasteiger partial charge in [-0.25, -0.2) is 19.2 Å². The maximum absolute atomic E-state index is 10.8. The fourth-order valence-corrected chi connectivity index (χ4v) is 2.32. The van der Waals surface area contributed by atoms with Crippen LogP contribution in [-0.4, -0.2) is 23.9 Å². The van der Waals surface area contributed by atoms with Crippen molar-refractivity contribution in [2.45, 2.75) is 25.7 Å². The summed E-state index contributed by atoms with van der Waals surface area (Å²) in [5.74, 6) is -2.20. The van der Waals surface area contributed by atoms with Crippen molar-refractivity contribution in [3.05, 3.63) is 70.8 Å². The van der Waals surface area contributed by atoms with Crippen LogP contribution in [0.25, 0.3) is 0 Å². The molecule has 0 N–H and O–H groups in total. The van der Waals surface area contributed by atoms with E-state index in [9.17, 15) is 19.2 Å². The summed E-state index contributed by atoms with van der Waals surface area (Å²) in [4.78, 5) is 43.3. The molecule has 26 heavy (non-hydrogen) atoms. The summed E-state index contributed by atoms with van der Waals surface area (Å²) in [6.07, 6.45) is 6.00. The smallest absolute Gasteiger partial charge is 0.346 e. The lowest BCUT2D eigenvalue weighted by Gasteiger charge is -2.05. The van der Waals surface area contributed by atoms with Gasteiger partial charge in [0.25, 0.3) is 0 Å². The average molecular weight is 352 g/mol. The number of hydrogen-bond donors (Lipinski definition) is 0. The van der Waals surface area contributed by atoms with Crippen LogP contribution in [0.5, 0.6) is 0 Å². The van der Waals surface area contributed by atoms with Crippen LogP contribution in [0.2, 0.25) is 0 Å². The van der Waals surface area contributed by atoms with Crippen LogP contribution in [0, 0.1) is 0 Å². The fourth-order valence-electron chi connectivity index (χ4n) is 2.32. The molecule has 6 nitrogen and oxygen atoms in total. The summed E-state index contributed by atoms with van der Waals surface area (Å²) in [6, 6.07) is 13.1. The van der Waals surface area contributed by atoms with Crippen molar-refractivity contribution in [2.24, 2.45) is 0 Å². The van der Waals surface area contributed by atoms with Crippen LogP contribution in [0.3, 0.4) is 0 Å². The summed E-state index contributed by atoms with van der Waals surface area (Å²) in [7, 11) is 0. The molecule has 2 aromatic rings.